The van der Waals surface area contributed by atoms with Crippen LogP contribution in [0.3, 0.4) is 0 Å². The first-order valence-corrected chi connectivity index (χ1v) is 7.58. The van der Waals surface area contributed by atoms with Crippen molar-refractivity contribution in [1.29, 1.82) is 0 Å². The van der Waals surface area contributed by atoms with Crippen molar-refractivity contribution >= 4 is 19.5 Å². The third-order valence-electron chi connectivity index (χ3n) is 6.40. The third kappa shape index (κ3) is 1.76. The Morgan fingerprint density at radius 2 is 2.00 bits per heavy atom. The van der Waals surface area contributed by atoms with Crippen LogP contribution in [0.15, 0.2) is 0 Å². The van der Waals surface area contributed by atoms with E-state index in [9.17, 15) is 0 Å². The summed E-state index contributed by atoms with van der Waals surface area (Å²) in [5, 5.41) is 3.52. The topological polar surface area (TPSA) is 30.5 Å². The lowest BCUT2D eigenvalue weighted by molar-refractivity contribution is -0.199. The van der Waals surface area contributed by atoms with Crippen LogP contribution in [0.25, 0.3) is 0 Å². The molecule has 0 aromatic carbocycles. The Morgan fingerprint density at radius 1 is 1.21 bits per heavy atom. The highest BCUT2D eigenvalue weighted by Crippen LogP contribution is 2.65. The van der Waals surface area contributed by atoms with Crippen LogP contribution in [-0.2, 0) is 9.31 Å². The molecule has 5 rings (SSSR count). The van der Waals surface area contributed by atoms with E-state index < -0.39 is 0 Å². The molecule has 0 aromatic heterocycles. The molecule has 0 amide bonds. The van der Waals surface area contributed by atoms with Crippen molar-refractivity contribution in [3.63, 3.8) is 0 Å². The van der Waals surface area contributed by atoms with Gasteiger partial charge >= 0.3 is 7.12 Å². The molecule has 4 unspecified atom stereocenters. The van der Waals surface area contributed by atoms with Gasteiger partial charge in [-0.2, -0.15) is 0 Å². The minimum atomic E-state index is -0.0345. The first-order chi connectivity index (χ1) is 8.52. The lowest BCUT2D eigenvalue weighted by atomic mass is 9.43. The van der Waals surface area contributed by atoms with Crippen LogP contribution in [0.2, 0.25) is 0 Å². The fourth-order valence-corrected chi connectivity index (χ4v) is 5.01. The summed E-state index contributed by atoms with van der Waals surface area (Å²) in [6.07, 6.45) is 5.33. The fraction of sp³-hybridized carbons (Fsp3) is 1.00. The molecule has 5 atom stereocenters. The van der Waals surface area contributed by atoms with Crippen molar-refractivity contribution in [2.24, 2.45) is 17.3 Å². The van der Waals surface area contributed by atoms with Crippen LogP contribution >= 0.6 is 12.4 Å². The Labute approximate surface area is 122 Å². The predicted octanol–water partition coefficient (Wildman–Crippen LogP) is 2.43. The van der Waals surface area contributed by atoms with Crippen LogP contribution in [0.1, 0.15) is 46.5 Å². The van der Waals surface area contributed by atoms with Crippen LogP contribution in [0.4, 0.5) is 0 Å². The molecule has 5 heteroatoms. The van der Waals surface area contributed by atoms with Gasteiger partial charge in [0.2, 0.25) is 0 Å². The van der Waals surface area contributed by atoms with Crippen molar-refractivity contribution < 1.29 is 9.31 Å². The summed E-state index contributed by atoms with van der Waals surface area (Å²) in [4.78, 5) is 0. The first-order valence-electron chi connectivity index (χ1n) is 7.58. The maximum atomic E-state index is 6.44. The van der Waals surface area contributed by atoms with E-state index in [1.807, 2.05) is 0 Å². The highest BCUT2D eigenvalue weighted by Gasteiger charge is 2.68. The molecule has 0 spiro atoms. The van der Waals surface area contributed by atoms with Gasteiger partial charge < -0.3 is 14.6 Å². The standard InChI is InChI=1S/C14H24BNO2.ClH/c1-13(2)9-7-10(13)14(3)11(8-9)17-15(18-14)12-5-4-6-16-12;/h9-12,16H,4-8H2,1-3H3;1H/t9?,10?,11?,12?,14-;/m1./s1. The van der Waals surface area contributed by atoms with E-state index in [4.69, 9.17) is 9.31 Å². The van der Waals surface area contributed by atoms with Crippen LogP contribution in [-0.4, -0.2) is 31.3 Å². The van der Waals surface area contributed by atoms with Crippen molar-refractivity contribution in [3.05, 3.63) is 0 Å². The maximum absolute atomic E-state index is 6.44. The Morgan fingerprint density at radius 3 is 2.63 bits per heavy atom. The zero-order valence-corrected chi connectivity index (χ0v) is 13.0. The summed E-state index contributed by atoms with van der Waals surface area (Å²) in [6, 6.07) is 0. The molecule has 5 aliphatic rings. The zero-order chi connectivity index (χ0) is 12.5. The lowest BCUT2D eigenvalue weighted by Gasteiger charge is -2.64. The van der Waals surface area contributed by atoms with Gasteiger partial charge in [-0.15, -0.1) is 12.4 Å². The average molecular weight is 286 g/mol. The van der Waals surface area contributed by atoms with E-state index in [1.54, 1.807) is 0 Å². The summed E-state index contributed by atoms with van der Waals surface area (Å²) >= 11 is 0. The van der Waals surface area contributed by atoms with Crippen molar-refractivity contribution in [2.45, 2.75) is 64.1 Å². The first kappa shape index (κ1) is 14.2. The van der Waals surface area contributed by atoms with Gasteiger partial charge in [0.1, 0.15) is 0 Å². The van der Waals surface area contributed by atoms with Crippen molar-refractivity contribution in [3.8, 4) is 0 Å². The molecule has 108 valence electrons. The van der Waals surface area contributed by atoms with Crippen molar-refractivity contribution in [1.82, 2.24) is 5.32 Å². The smallest absolute Gasteiger partial charge is 0.404 e. The molecular formula is C14H25BClNO2. The number of hydrogen-bond acceptors (Lipinski definition) is 3. The Bertz CT molecular complexity index is 374. The second-order valence-corrected chi connectivity index (χ2v) is 7.54. The van der Waals surface area contributed by atoms with E-state index in [0.717, 1.165) is 12.5 Å². The second kappa shape index (κ2) is 4.36. The van der Waals surface area contributed by atoms with E-state index >= 15 is 0 Å². The third-order valence-corrected chi connectivity index (χ3v) is 6.40. The van der Waals surface area contributed by atoms with Crippen molar-refractivity contribution in [2.75, 3.05) is 6.54 Å². The molecule has 19 heavy (non-hydrogen) atoms. The van der Waals surface area contributed by atoms with Gasteiger partial charge in [0.15, 0.2) is 0 Å². The number of rotatable bonds is 1. The van der Waals surface area contributed by atoms with Gasteiger partial charge in [0, 0.05) is 5.94 Å². The van der Waals surface area contributed by atoms with E-state index in [-0.39, 0.29) is 25.1 Å². The van der Waals surface area contributed by atoms with Crippen LogP contribution in [0, 0.1) is 17.3 Å². The second-order valence-electron chi connectivity index (χ2n) is 7.54. The number of hydrogen-bond donors (Lipinski definition) is 1. The fourth-order valence-electron chi connectivity index (χ4n) is 5.01. The molecule has 0 radical (unpaired) electrons. The SMILES string of the molecule is CC1(C)C2CC3OB(C4CCCN4)O[C@]3(C)C1C2.Cl. The quantitative estimate of drug-likeness (QED) is 0.751. The molecule has 0 aromatic rings. The lowest BCUT2D eigenvalue weighted by Crippen LogP contribution is -2.65. The van der Waals surface area contributed by atoms with Gasteiger partial charge in [-0.1, -0.05) is 13.8 Å². The van der Waals surface area contributed by atoms with Gasteiger partial charge in [-0.3, -0.25) is 0 Å². The van der Waals surface area contributed by atoms with Crippen LogP contribution in [0.5, 0.6) is 0 Å². The van der Waals surface area contributed by atoms with Gasteiger partial charge in [-0.05, 0) is 56.4 Å². The summed E-state index contributed by atoms with van der Waals surface area (Å²) in [6.45, 7) is 8.25. The van der Waals surface area contributed by atoms with E-state index in [2.05, 4.69) is 26.1 Å². The minimum Gasteiger partial charge on any atom is -0.404 e. The summed E-state index contributed by atoms with van der Waals surface area (Å²) in [5.41, 5.74) is 0.416. The minimum absolute atomic E-state index is 0. The zero-order valence-electron chi connectivity index (χ0n) is 12.1. The van der Waals surface area contributed by atoms with Gasteiger partial charge in [0.25, 0.3) is 0 Å². The summed E-state index contributed by atoms with van der Waals surface area (Å²) < 4.78 is 12.7. The number of halogens is 1. The molecule has 2 aliphatic heterocycles. The Balaban J connectivity index is 0.00000110. The Hall–Kier alpha value is 0.235. The molecule has 1 N–H and O–H groups in total. The summed E-state index contributed by atoms with van der Waals surface area (Å²) in [7, 11) is -0.00218. The molecule has 2 bridgehead atoms. The summed E-state index contributed by atoms with van der Waals surface area (Å²) in [5.74, 6) is 1.95. The molecule has 5 fully saturated rings. The molecule has 3 nitrogen and oxygen atoms in total. The monoisotopic (exact) mass is 285 g/mol. The molecule has 3 saturated carbocycles. The van der Waals surface area contributed by atoms with Gasteiger partial charge in [-0.25, -0.2) is 0 Å². The normalized spacial score (nSPS) is 50.4. The highest BCUT2D eigenvalue weighted by molar-refractivity contribution is 6.47. The van der Waals surface area contributed by atoms with Crippen LogP contribution < -0.4 is 5.32 Å². The van der Waals surface area contributed by atoms with Gasteiger partial charge in [0.05, 0.1) is 11.7 Å². The Kier molecular flexibility index (Phi) is 3.26. The van der Waals surface area contributed by atoms with E-state index in [1.165, 1.54) is 25.7 Å². The van der Waals surface area contributed by atoms with E-state index in [0.29, 0.717) is 23.4 Å². The maximum Gasteiger partial charge on any atom is 0.475 e. The molecular weight excluding hydrogens is 260 g/mol. The molecule has 3 aliphatic carbocycles. The molecule has 2 saturated heterocycles. The highest BCUT2D eigenvalue weighted by atomic mass is 35.5. The molecule has 2 heterocycles. The number of nitrogens with one attached hydrogen (secondary N) is 1. The predicted molar refractivity (Wildman–Crippen MR) is 78.4 cm³/mol. The average Bonchev–Trinajstić information content (AvgIpc) is 2.92. The largest absolute Gasteiger partial charge is 0.475 e.